The van der Waals surface area contributed by atoms with Crippen LogP contribution in [0.4, 0.5) is 10.6 Å². The normalized spacial score (nSPS) is 18.7. The molecule has 0 spiro atoms. The summed E-state index contributed by atoms with van der Waals surface area (Å²) in [7, 11) is 1.55. The molecular weight excluding hydrogens is 452 g/mol. The van der Waals surface area contributed by atoms with Crippen LogP contribution in [0.25, 0.3) is 11.1 Å². The molecule has 0 bridgehead atoms. The van der Waals surface area contributed by atoms with Gasteiger partial charge in [0, 0.05) is 32.0 Å². The summed E-state index contributed by atoms with van der Waals surface area (Å²) in [5.74, 6) is -1.70. The Bertz CT molecular complexity index is 1270. The standard InChI is InChI=1S/C25H24N4O6/c1-28-22(11-20(27-28)23(31)29-12-14(30)10-21(29)24(32)33)26-25(34)35-13-19-17-8-4-2-6-15(17)16-7-3-5-9-18(16)19/h2-9,11,14,19,21,30H,10,12-13H2,1H3,(H,26,34)(H,32,33)/t14-,21-/m0/s1. The van der Waals surface area contributed by atoms with Crippen LogP contribution in [-0.2, 0) is 16.6 Å². The molecule has 2 aliphatic rings. The van der Waals surface area contributed by atoms with E-state index < -0.39 is 30.1 Å². The Morgan fingerprint density at radius 1 is 1.09 bits per heavy atom. The molecule has 2 amide bonds. The fourth-order valence-electron chi connectivity index (χ4n) is 4.85. The van der Waals surface area contributed by atoms with E-state index in [2.05, 4.69) is 22.5 Å². The zero-order chi connectivity index (χ0) is 24.7. The third kappa shape index (κ3) is 4.12. The monoisotopic (exact) mass is 476 g/mol. The predicted octanol–water partition coefficient (Wildman–Crippen LogP) is 2.44. The summed E-state index contributed by atoms with van der Waals surface area (Å²) in [5.41, 5.74) is 4.39. The van der Waals surface area contributed by atoms with Crippen molar-refractivity contribution in [3.8, 4) is 11.1 Å². The average Bonchev–Trinajstić information content (AvgIpc) is 3.51. The van der Waals surface area contributed by atoms with Gasteiger partial charge < -0.3 is 19.8 Å². The van der Waals surface area contributed by atoms with Crippen LogP contribution in [-0.4, -0.2) is 68.2 Å². The Hall–Kier alpha value is -4.18. The van der Waals surface area contributed by atoms with Gasteiger partial charge in [-0.1, -0.05) is 48.5 Å². The number of benzene rings is 2. The molecular formula is C25H24N4O6. The first-order chi connectivity index (χ1) is 16.8. The van der Waals surface area contributed by atoms with Gasteiger partial charge in [-0.25, -0.2) is 9.59 Å². The molecule has 1 fully saturated rings. The van der Waals surface area contributed by atoms with Crippen LogP contribution in [0.2, 0.25) is 0 Å². The number of aryl methyl sites for hydroxylation is 1. The number of anilines is 1. The van der Waals surface area contributed by atoms with Crippen molar-refractivity contribution in [2.75, 3.05) is 18.5 Å². The SMILES string of the molecule is Cn1nc(C(=O)N2C[C@@H](O)C[C@H]2C(=O)O)cc1NC(=O)OCC1c2ccccc2-c2ccccc21. The van der Waals surface area contributed by atoms with E-state index in [0.717, 1.165) is 27.2 Å². The largest absolute Gasteiger partial charge is 0.480 e. The number of carboxylic acids is 1. The third-order valence-corrected chi connectivity index (χ3v) is 6.50. The number of aliphatic carboxylic acids is 1. The highest BCUT2D eigenvalue weighted by Crippen LogP contribution is 2.44. The Morgan fingerprint density at radius 2 is 1.71 bits per heavy atom. The molecule has 3 aromatic rings. The third-order valence-electron chi connectivity index (χ3n) is 6.50. The molecule has 1 aliphatic carbocycles. The van der Waals surface area contributed by atoms with Gasteiger partial charge in [-0.15, -0.1) is 0 Å². The number of carbonyl (C=O) groups is 3. The molecule has 10 heteroatoms. The van der Waals surface area contributed by atoms with Gasteiger partial charge in [0.1, 0.15) is 18.5 Å². The summed E-state index contributed by atoms with van der Waals surface area (Å²) in [6.07, 6.45) is -1.66. The number of aliphatic hydroxyl groups excluding tert-OH is 1. The van der Waals surface area contributed by atoms with Crippen molar-refractivity contribution in [3.63, 3.8) is 0 Å². The predicted molar refractivity (Wildman–Crippen MR) is 125 cm³/mol. The van der Waals surface area contributed by atoms with Crippen LogP contribution < -0.4 is 5.32 Å². The highest BCUT2D eigenvalue weighted by Gasteiger charge is 2.40. The van der Waals surface area contributed by atoms with E-state index in [0.29, 0.717) is 0 Å². The van der Waals surface area contributed by atoms with Crippen molar-refractivity contribution in [1.82, 2.24) is 14.7 Å². The molecule has 180 valence electrons. The second-order valence-corrected chi connectivity index (χ2v) is 8.69. The number of aromatic nitrogens is 2. The van der Waals surface area contributed by atoms with E-state index in [1.54, 1.807) is 7.05 Å². The Morgan fingerprint density at radius 3 is 2.34 bits per heavy atom. The van der Waals surface area contributed by atoms with Gasteiger partial charge in [-0.3, -0.25) is 14.8 Å². The quantitative estimate of drug-likeness (QED) is 0.515. The Balaban J connectivity index is 1.26. The van der Waals surface area contributed by atoms with Crippen molar-refractivity contribution >= 4 is 23.8 Å². The van der Waals surface area contributed by atoms with Crippen molar-refractivity contribution < 1.29 is 29.3 Å². The number of likely N-dealkylation sites (tertiary alicyclic amines) is 1. The number of amides is 2. The maximum atomic E-state index is 12.8. The molecule has 35 heavy (non-hydrogen) atoms. The number of nitrogens with one attached hydrogen (secondary N) is 1. The maximum Gasteiger partial charge on any atom is 0.412 e. The maximum absolute atomic E-state index is 12.8. The number of β-amino-alcohol motifs (C(OH)–C–C–N with tert-alkyl or cyclic N) is 1. The summed E-state index contributed by atoms with van der Waals surface area (Å²) in [6, 6.07) is 16.3. The number of hydrogen-bond acceptors (Lipinski definition) is 6. The fourth-order valence-corrected chi connectivity index (χ4v) is 4.85. The molecule has 10 nitrogen and oxygen atoms in total. The minimum atomic E-state index is -1.19. The lowest BCUT2D eigenvalue weighted by atomic mass is 9.98. The second-order valence-electron chi connectivity index (χ2n) is 8.69. The molecule has 1 aliphatic heterocycles. The zero-order valence-corrected chi connectivity index (χ0v) is 18.9. The highest BCUT2D eigenvalue weighted by atomic mass is 16.5. The highest BCUT2D eigenvalue weighted by molar-refractivity contribution is 5.97. The lowest BCUT2D eigenvalue weighted by molar-refractivity contribution is -0.141. The van der Waals surface area contributed by atoms with Gasteiger partial charge in [0.15, 0.2) is 5.69 Å². The van der Waals surface area contributed by atoms with Crippen molar-refractivity contribution in [2.24, 2.45) is 7.05 Å². The molecule has 5 rings (SSSR count). The summed E-state index contributed by atoms with van der Waals surface area (Å²) >= 11 is 0. The summed E-state index contributed by atoms with van der Waals surface area (Å²) < 4.78 is 6.84. The topological polar surface area (TPSA) is 134 Å². The molecule has 0 radical (unpaired) electrons. The van der Waals surface area contributed by atoms with E-state index in [-0.39, 0.29) is 37.0 Å². The van der Waals surface area contributed by atoms with Gasteiger partial charge >= 0.3 is 12.1 Å². The number of carbonyl (C=O) groups excluding carboxylic acids is 2. The fraction of sp³-hybridized carbons (Fsp3) is 0.280. The zero-order valence-electron chi connectivity index (χ0n) is 18.9. The number of aliphatic hydroxyl groups is 1. The van der Waals surface area contributed by atoms with Crippen molar-refractivity contribution in [2.45, 2.75) is 24.5 Å². The number of rotatable bonds is 5. The molecule has 0 saturated carbocycles. The lowest BCUT2D eigenvalue weighted by Gasteiger charge is -2.19. The lowest BCUT2D eigenvalue weighted by Crippen LogP contribution is -2.40. The smallest absolute Gasteiger partial charge is 0.412 e. The molecule has 2 heterocycles. The van der Waals surface area contributed by atoms with Crippen LogP contribution in [0, 0.1) is 0 Å². The Labute approximate surface area is 200 Å². The van der Waals surface area contributed by atoms with Gasteiger partial charge in [-0.05, 0) is 22.3 Å². The van der Waals surface area contributed by atoms with Gasteiger partial charge in [0.25, 0.3) is 5.91 Å². The van der Waals surface area contributed by atoms with Crippen LogP contribution in [0.5, 0.6) is 0 Å². The first kappa shape index (κ1) is 22.6. The number of hydrogen-bond donors (Lipinski definition) is 3. The molecule has 2 aromatic carbocycles. The van der Waals surface area contributed by atoms with Crippen LogP contribution in [0.1, 0.15) is 34.0 Å². The minimum Gasteiger partial charge on any atom is -0.480 e. The Kier molecular flexibility index (Phi) is 5.73. The number of ether oxygens (including phenoxy) is 1. The van der Waals surface area contributed by atoms with E-state index >= 15 is 0 Å². The van der Waals surface area contributed by atoms with Gasteiger partial charge in [0.05, 0.1) is 6.10 Å². The molecule has 0 unspecified atom stereocenters. The molecule has 1 saturated heterocycles. The number of carboxylic acid groups (broad SMARTS) is 1. The number of fused-ring (bicyclic) bond motifs is 3. The van der Waals surface area contributed by atoms with Crippen LogP contribution in [0.15, 0.2) is 54.6 Å². The van der Waals surface area contributed by atoms with E-state index in [1.807, 2.05) is 36.4 Å². The number of nitrogens with zero attached hydrogens (tertiary/aromatic N) is 3. The minimum absolute atomic E-state index is 0.0400. The van der Waals surface area contributed by atoms with E-state index in [4.69, 9.17) is 4.74 Å². The molecule has 2 atom stereocenters. The van der Waals surface area contributed by atoms with Gasteiger partial charge in [0.2, 0.25) is 0 Å². The van der Waals surface area contributed by atoms with Crippen LogP contribution in [0.3, 0.4) is 0 Å². The van der Waals surface area contributed by atoms with Crippen molar-refractivity contribution in [3.05, 3.63) is 71.4 Å². The van der Waals surface area contributed by atoms with E-state index in [9.17, 15) is 24.6 Å². The van der Waals surface area contributed by atoms with E-state index in [1.165, 1.54) is 10.7 Å². The molecule has 3 N–H and O–H groups in total. The summed E-state index contributed by atoms with van der Waals surface area (Å²) in [6.45, 7) is 0.0387. The van der Waals surface area contributed by atoms with Crippen LogP contribution >= 0.6 is 0 Å². The first-order valence-electron chi connectivity index (χ1n) is 11.2. The first-order valence-corrected chi connectivity index (χ1v) is 11.2. The van der Waals surface area contributed by atoms with Gasteiger partial charge in [-0.2, -0.15) is 5.10 Å². The average molecular weight is 476 g/mol. The molecule has 1 aromatic heterocycles. The summed E-state index contributed by atoms with van der Waals surface area (Å²) in [4.78, 5) is 37.9. The van der Waals surface area contributed by atoms with Crippen molar-refractivity contribution in [1.29, 1.82) is 0 Å². The second kappa shape index (κ2) is 8.88. The summed E-state index contributed by atoms with van der Waals surface area (Å²) in [5, 5.41) is 25.9.